The summed E-state index contributed by atoms with van der Waals surface area (Å²) in [6.07, 6.45) is 2.79. The SMILES string of the molecule is CC(C)c1cc(-c2ncn(-c3c([N+](=O)[O-])ncn3C)n2)nn1C. The number of nitrogens with zero attached hydrogens (tertiary/aromatic N) is 8. The van der Waals surface area contributed by atoms with Crippen molar-refractivity contribution in [3.8, 4) is 17.3 Å². The normalized spacial score (nSPS) is 11.3. The van der Waals surface area contributed by atoms with Crippen molar-refractivity contribution in [2.45, 2.75) is 19.8 Å². The van der Waals surface area contributed by atoms with Gasteiger partial charge >= 0.3 is 5.82 Å². The molecule has 0 bridgehead atoms. The van der Waals surface area contributed by atoms with E-state index in [4.69, 9.17) is 0 Å². The predicted molar refractivity (Wildman–Crippen MR) is 81.1 cm³/mol. The van der Waals surface area contributed by atoms with Gasteiger partial charge < -0.3 is 10.1 Å². The van der Waals surface area contributed by atoms with Gasteiger partial charge in [-0.3, -0.25) is 9.25 Å². The van der Waals surface area contributed by atoms with E-state index in [9.17, 15) is 10.1 Å². The number of imidazole rings is 1. The van der Waals surface area contributed by atoms with E-state index >= 15 is 0 Å². The summed E-state index contributed by atoms with van der Waals surface area (Å²) < 4.78 is 4.64. The minimum absolute atomic E-state index is 0.244. The van der Waals surface area contributed by atoms with Gasteiger partial charge in [0.15, 0.2) is 0 Å². The van der Waals surface area contributed by atoms with Gasteiger partial charge in [0.05, 0.1) is 0 Å². The molecule has 10 nitrogen and oxygen atoms in total. The smallest absolute Gasteiger partial charge is 0.358 e. The molecular weight excluding hydrogens is 300 g/mol. The van der Waals surface area contributed by atoms with Gasteiger partial charge in [0, 0.05) is 19.8 Å². The van der Waals surface area contributed by atoms with E-state index in [0.29, 0.717) is 17.4 Å². The first-order valence-corrected chi connectivity index (χ1v) is 7.00. The van der Waals surface area contributed by atoms with E-state index < -0.39 is 4.92 Å². The molecule has 23 heavy (non-hydrogen) atoms. The second kappa shape index (κ2) is 5.30. The lowest BCUT2D eigenvalue weighted by molar-refractivity contribution is -0.389. The molecule has 0 fully saturated rings. The van der Waals surface area contributed by atoms with Gasteiger partial charge in [-0.2, -0.15) is 9.78 Å². The summed E-state index contributed by atoms with van der Waals surface area (Å²) in [5.74, 6) is 0.700. The fourth-order valence-electron chi connectivity index (χ4n) is 2.42. The summed E-state index contributed by atoms with van der Waals surface area (Å²) in [5.41, 5.74) is 1.68. The van der Waals surface area contributed by atoms with E-state index in [2.05, 4.69) is 34.0 Å². The number of rotatable bonds is 4. The lowest BCUT2D eigenvalue weighted by Crippen LogP contribution is -2.05. The van der Waals surface area contributed by atoms with Crippen LogP contribution >= 0.6 is 0 Å². The van der Waals surface area contributed by atoms with Crippen molar-refractivity contribution in [3.63, 3.8) is 0 Å². The molecule has 0 N–H and O–H groups in total. The van der Waals surface area contributed by atoms with Crippen molar-refractivity contribution in [1.82, 2.24) is 34.1 Å². The Morgan fingerprint density at radius 2 is 1.91 bits per heavy atom. The van der Waals surface area contributed by atoms with Crippen LogP contribution in [0.15, 0.2) is 18.7 Å². The average Bonchev–Trinajstić information content (AvgIpc) is 3.15. The van der Waals surface area contributed by atoms with Crippen LogP contribution in [-0.4, -0.2) is 39.0 Å². The standard InChI is InChI=1S/C13H16N8O2/c1-8(2)10-5-9(16-19(10)4)11-14-7-20(17-11)13-12(21(22)23)15-6-18(13)3/h5-8H,1-4H3. The van der Waals surface area contributed by atoms with Gasteiger partial charge in [-0.25, -0.2) is 4.98 Å². The van der Waals surface area contributed by atoms with Crippen LogP contribution in [0, 0.1) is 10.1 Å². The molecule has 0 atom stereocenters. The highest BCUT2D eigenvalue weighted by atomic mass is 16.6. The molecule has 3 aromatic heterocycles. The van der Waals surface area contributed by atoms with Crippen LogP contribution in [0.4, 0.5) is 5.82 Å². The molecule has 0 aliphatic heterocycles. The van der Waals surface area contributed by atoms with Gasteiger partial charge in [-0.05, 0) is 21.9 Å². The Labute approximate surface area is 131 Å². The van der Waals surface area contributed by atoms with Crippen molar-refractivity contribution in [1.29, 1.82) is 0 Å². The fourth-order valence-corrected chi connectivity index (χ4v) is 2.42. The largest absolute Gasteiger partial charge is 0.408 e. The minimum atomic E-state index is -0.547. The molecule has 0 unspecified atom stereocenters. The summed E-state index contributed by atoms with van der Waals surface area (Å²) in [6.45, 7) is 4.15. The number of nitro groups is 1. The topological polar surface area (TPSA) is 109 Å². The molecule has 0 saturated carbocycles. The molecular formula is C13H16N8O2. The monoisotopic (exact) mass is 316 g/mol. The van der Waals surface area contributed by atoms with Crippen LogP contribution in [0.25, 0.3) is 17.3 Å². The van der Waals surface area contributed by atoms with Gasteiger partial charge in [0.25, 0.3) is 0 Å². The van der Waals surface area contributed by atoms with Crippen LogP contribution in [0.2, 0.25) is 0 Å². The second-order valence-corrected chi connectivity index (χ2v) is 5.51. The second-order valence-electron chi connectivity index (χ2n) is 5.51. The molecule has 0 aliphatic rings. The van der Waals surface area contributed by atoms with Crippen molar-refractivity contribution < 1.29 is 4.92 Å². The van der Waals surface area contributed by atoms with Gasteiger partial charge in [0.2, 0.25) is 18.0 Å². The Kier molecular flexibility index (Phi) is 3.43. The molecule has 120 valence electrons. The van der Waals surface area contributed by atoms with E-state index in [0.717, 1.165) is 5.69 Å². The third-order valence-electron chi connectivity index (χ3n) is 3.51. The Hall–Kier alpha value is -3.04. The third kappa shape index (κ3) is 2.47. The van der Waals surface area contributed by atoms with Crippen molar-refractivity contribution in [2.75, 3.05) is 0 Å². The molecule has 0 radical (unpaired) electrons. The number of hydrogen-bond acceptors (Lipinski definition) is 6. The summed E-state index contributed by atoms with van der Waals surface area (Å²) in [5, 5.41) is 19.8. The van der Waals surface area contributed by atoms with Crippen LogP contribution in [0.5, 0.6) is 0 Å². The Morgan fingerprint density at radius 1 is 1.17 bits per heavy atom. The number of aromatic nitrogens is 7. The Balaban J connectivity index is 2.03. The molecule has 0 amide bonds. The van der Waals surface area contributed by atoms with Crippen LogP contribution in [0.1, 0.15) is 25.5 Å². The minimum Gasteiger partial charge on any atom is -0.358 e. The van der Waals surface area contributed by atoms with Crippen LogP contribution in [-0.2, 0) is 14.1 Å². The van der Waals surface area contributed by atoms with Gasteiger partial charge in [0.1, 0.15) is 12.0 Å². The predicted octanol–water partition coefficient (Wildman–Crippen LogP) is 1.43. The van der Waals surface area contributed by atoms with E-state index in [-0.39, 0.29) is 11.6 Å². The lowest BCUT2D eigenvalue weighted by Gasteiger charge is -2.02. The highest BCUT2D eigenvalue weighted by molar-refractivity contribution is 5.50. The summed E-state index contributed by atoms with van der Waals surface area (Å²) in [7, 11) is 3.52. The molecule has 3 rings (SSSR count). The quantitative estimate of drug-likeness (QED) is 0.532. The zero-order valence-electron chi connectivity index (χ0n) is 13.2. The average molecular weight is 316 g/mol. The summed E-state index contributed by atoms with van der Waals surface area (Å²) in [4.78, 5) is 18.5. The maximum absolute atomic E-state index is 11.1. The lowest BCUT2D eigenvalue weighted by atomic mass is 10.1. The Bertz CT molecular complexity index is 873. The molecule has 3 heterocycles. The maximum Gasteiger partial charge on any atom is 0.408 e. The number of hydrogen-bond donors (Lipinski definition) is 0. The first-order chi connectivity index (χ1) is 10.9. The van der Waals surface area contributed by atoms with Gasteiger partial charge in [-0.15, -0.1) is 5.10 Å². The summed E-state index contributed by atoms with van der Waals surface area (Å²) >= 11 is 0. The summed E-state index contributed by atoms with van der Waals surface area (Å²) in [6, 6.07) is 1.92. The molecule has 0 spiro atoms. The molecule has 3 aromatic rings. The first kappa shape index (κ1) is 14.9. The highest BCUT2D eigenvalue weighted by Crippen LogP contribution is 2.23. The maximum atomic E-state index is 11.1. The molecule has 0 aliphatic carbocycles. The molecule has 10 heteroatoms. The van der Waals surface area contributed by atoms with Crippen molar-refractivity contribution in [2.24, 2.45) is 14.1 Å². The zero-order chi connectivity index (χ0) is 16.7. The van der Waals surface area contributed by atoms with E-state index in [1.165, 1.54) is 21.9 Å². The fraction of sp³-hybridized carbons (Fsp3) is 0.385. The van der Waals surface area contributed by atoms with Crippen LogP contribution < -0.4 is 0 Å². The molecule has 0 aromatic carbocycles. The first-order valence-electron chi connectivity index (χ1n) is 7.00. The zero-order valence-corrected chi connectivity index (χ0v) is 13.2. The highest BCUT2D eigenvalue weighted by Gasteiger charge is 2.23. The van der Waals surface area contributed by atoms with Crippen molar-refractivity contribution >= 4 is 5.82 Å². The third-order valence-corrected chi connectivity index (χ3v) is 3.51. The van der Waals surface area contributed by atoms with E-state index in [1.807, 2.05) is 13.1 Å². The number of aryl methyl sites for hydroxylation is 2. The molecule has 0 saturated heterocycles. The van der Waals surface area contributed by atoms with E-state index in [1.54, 1.807) is 11.7 Å². The van der Waals surface area contributed by atoms with Crippen LogP contribution in [0.3, 0.4) is 0 Å². The Morgan fingerprint density at radius 3 is 2.52 bits per heavy atom. The van der Waals surface area contributed by atoms with Crippen molar-refractivity contribution in [3.05, 3.63) is 34.5 Å². The van der Waals surface area contributed by atoms with Gasteiger partial charge in [-0.1, -0.05) is 13.8 Å².